The van der Waals surface area contributed by atoms with Gasteiger partial charge in [-0.15, -0.1) is 0 Å². The van der Waals surface area contributed by atoms with Gasteiger partial charge in [0.2, 0.25) is 5.78 Å². The van der Waals surface area contributed by atoms with Gasteiger partial charge in [0.1, 0.15) is 17.5 Å². The quantitative estimate of drug-likeness (QED) is 0.709. The fraction of sp³-hybridized carbons (Fsp3) is 0. The van der Waals surface area contributed by atoms with Crippen LogP contribution in [-0.2, 0) is 0 Å². The van der Waals surface area contributed by atoms with E-state index in [1.807, 2.05) is 0 Å². The van der Waals surface area contributed by atoms with Gasteiger partial charge >= 0.3 is 0 Å². The monoisotopic (exact) mass is 275 g/mol. The zero-order valence-electron chi connectivity index (χ0n) is 10.1. The maximum absolute atomic E-state index is 13.6. The molecule has 2 aromatic carbocycles. The molecule has 0 saturated heterocycles. The van der Waals surface area contributed by atoms with Crippen molar-refractivity contribution >= 4 is 16.7 Å². The van der Waals surface area contributed by atoms with Gasteiger partial charge in [0, 0.05) is 22.7 Å². The Balaban J connectivity index is 2.21. The average molecular weight is 275 g/mol. The highest BCUT2D eigenvalue weighted by Crippen LogP contribution is 2.24. The number of hydrogen-bond donors (Lipinski definition) is 1. The van der Waals surface area contributed by atoms with Gasteiger partial charge in [-0.2, -0.15) is 0 Å². The predicted molar refractivity (Wildman–Crippen MR) is 68.0 cm³/mol. The number of aromatic amines is 1. The van der Waals surface area contributed by atoms with Gasteiger partial charge in [0.05, 0.1) is 5.56 Å². The van der Waals surface area contributed by atoms with Crippen LogP contribution in [0.25, 0.3) is 10.9 Å². The number of benzene rings is 2. The second-order valence-corrected chi connectivity index (χ2v) is 4.32. The Kier molecular flexibility index (Phi) is 2.82. The molecule has 3 aromatic rings. The molecule has 0 fully saturated rings. The van der Waals surface area contributed by atoms with Gasteiger partial charge in [0.15, 0.2) is 0 Å². The van der Waals surface area contributed by atoms with Crippen LogP contribution >= 0.6 is 0 Å². The number of halogens is 3. The number of rotatable bonds is 2. The molecule has 0 amide bonds. The largest absolute Gasteiger partial charge is 0.360 e. The lowest BCUT2D eigenvalue weighted by Gasteiger charge is -2.03. The molecule has 1 heterocycles. The zero-order valence-corrected chi connectivity index (χ0v) is 10.1. The number of hydrogen-bond acceptors (Lipinski definition) is 1. The summed E-state index contributed by atoms with van der Waals surface area (Å²) in [5.41, 5.74) is -0.0901. The molecule has 0 spiro atoms. The highest BCUT2D eigenvalue weighted by atomic mass is 19.1. The smallest absolute Gasteiger partial charge is 0.201 e. The molecule has 0 aliphatic rings. The molecule has 20 heavy (non-hydrogen) atoms. The minimum absolute atomic E-state index is 0.0310. The molecule has 0 aliphatic carbocycles. The first-order valence-corrected chi connectivity index (χ1v) is 5.83. The highest BCUT2D eigenvalue weighted by Gasteiger charge is 2.21. The lowest BCUT2D eigenvalue weighted by Crippen LogP contribution is -2.06. The van der Waals surface area contributed by atoms with E-state index < -0.39 is 28.8 Å². The summed E-state index contributed by atoms with van der Waals surface area (Å²) in [7, 11) is 0. The zero-order chi connectivity index (χ0) is 14.3. The average Bonchev–Trinajstić information content (AvgIpc) is 2.81. The summed E-state index contributed by atoms with van der Waals surface area (Å²) >= 11 is 0. The van der Waals surface area contributed by atoms with Gasteiger partial charge < -0.3 is 4.98 Å². The van der Waals surface area contributed by atoms with Gasteiger partial charge in [-0.3, -0.25) is 4.79 Å². The molecular weight excluding hydrogens is 267 g/mol. The van der Waals surface area contributed by atoms with Crippen molar-refractivity contribution in [3.8, 4) is 0 Å². The Morgan fingerprint density at radius 1 is 1.00 bits per heavy atom. The van der Waals surface area contributed by atoms with E-state index in [1.54, 1.807) is 0 Å². The summed E-state index contributed by atoms with van der Waals surface area (Å²) in [6.07, 6.45) is 1.32. The van der Waals surface area contributed by atoms with Crippen LogP contribution in [0, 0.1) is 17.5 Å². The van der Waals surface area contributed by atoms with Crippen molar-refractivity contribution < 1.29 is 18.0 Å². The molecule has 0 atom stereocenters. The van der Waals surface area contributed by atoms with E-state index >= 15 is 0 Å². The fourth-order valence-corrected chi connectivity index (χ4v) is 2.13. The van der Waals surface area contributed by atoms with Crippen LogP contribution in [0.1, 0.15) is 15.9 Å². The SMILES string of the molecule is O=C(c1c(F)cccc1F)c1c[nH]c2ccc(F)cc12. The van der Waals surface area contributed by atoms with Crippen molar-refractivity contribution in [2.75, 3.05) is 0 Å². The maximum atomic E-state index is 13.6. The molecule has 0 unspecified atom stereocenters. The first kappa shape index (κ1) is 12.5. The van der Waals surface area contributed by atoms with E-state index in [-0.39, 0.29) is 10.9 Å². The van der Waals surface area contributed by atoms with E-state index in [0.717, 1.165) is 18.2 Å². The van der Waals surface area contributed by atoms with Crippen LogP contribution in [0.2, 0.25) is 0 Å². The third-order valence-electron chi connectivity index (χ3n) is 3.08. The van der Waals surface area contributed by atoms with Gasteiger partial charge in [-0.1, -0.05) is 6.07 Å². The molecule has 0 radical (unpaired) electrons. The molecule has 0 saturated carbocycles. The van der Waals surface area contributed by atoms with Crippen molar-refractivity contribution in [3.05, 3.63) is 71.2 Å². The Labute approximate surface area is 111 Å². The summed E-state index contributed by atoms with van der Waals surface area (Å²) in [4.78, 5) is 15.0. The third kappa shape index (κ3) is 1.87. The minimum atomic E-state index is -0.944. The summed E-state index contributed by atoms with van der Waals surface area (Å²) in [5.74, 6) is -3.24. The minimum Gasteiger partial charge on any atom is -0.360 e. The van der Waals surface area contributed by atoms with Crippen molar-refractivity contribution in [1.82, 2.24) is 4.98 Å². The van der Waals surface area contributed by atoms with E-state index in [9.17, 15) is 18.0 Å². The topological polar surface area (TPSA) is 32.9 Å². The van der Waals surface area contributed by atoms with E-state index in [0.29, 0.717) is 5.52 Å². The molecule has 2 nitrogen and oxygen atoms in total. The number of H-pyrrole nitrogens is 1. The van der Waals surface area contributed by atoms with E-state index in [2.05, 4.69) is 4.98 Å². The lowest BCUT2D eigenvalue weighted by molar-refractivity contribution is 0.103. The first-order chi connectivity index (χ1) is 9.58. The first-order valence-electron chi connectivity index (χ1n) is 5.83. The lowest BCUT2D eigenvalue weighted by atomic mass is 10.0. The third-order valence-corrected chi connectivity index (χ3v) is 3.08. The van der Waals surface area contributed by atoms with E-state index in [1.165, 1.54) is 24.4 Å². The Morgan fingerprint density at radius 2 is 1.70 bits per heavy atom. The van der Waals surface area contributed by atoms with Crippen molar-refractivity contribution in [1.29, 1.82) is 0 Å². The molecule has 3 rings (SSSR count). The number of nitrogens with one attached hydrogen (secondary N) is 1. The molecule has 1 N–H and O–H groups in total. The van der Waals surface area contributed by atoms with Crippen LogP contribution in [0.4, 0.5) is 13.2 Å². The van der Waals surface area contributed by atoms with Crippen molar-refractivity contribution in [2.24, 2.45) is 0 Å². The number of carbonyl (C=O) groups excluding carboxylic acids is 1. The summed E-state index contributed by atoms with van der Waals surface area (Å²) in [5, 5.41) is 0.289. The number of fused-ring (bicyclic) bond motifs is 1. The summed E-state index contributed by atoms with van der Waals surface area (Å²) in [6.45, 7) is 0. The molecule has 100 valence electrons. The van der Waals surface area contributed by atoms with Gasteiger partial charge in [0.25, 0.3) is 0 Å². The predicted octanol–water partition coefficient (Wildman–Crippen LogP) is 3.82. The molecule has 0 aliphatic heterocycles. The number of aromatic nitrogens is 1. The van der Waals surface area contributed by atoms with E-state index in [4.69, 9.17) is 0 Å². The van der Waals surface area contributed by atoms with Crippen LogP contribution in [0.15, 0.2) is 42.6 Å². The van der Waals surface area contributed by atoms with Crippen LogP contribution in [0.3, 0.4) is 0 Å². The molecule has 1 aromatic heterocycles. The van der Waals surface area contributed by atoms with Crippen LogP contribution in [-0.4, -0.2) is 10.8 Å². The molecule has 5 heteroatoms. The fourth-order valence-electron chi connectivity index (χ4n) is 2.13. The maximum Gasteiger partial charge on any atom is 0.201 e. The molecular formula is C15H8F3NO. The standard InChI is InChI=1S/C15H8F3NO/c16-8-4-5-13-9(6-8)10(7-19-13)15(20)14-11(17)2-1-3-12(14)18/h1-7,19H. The summed E-state index contributed by atoms with van der Waals surface area (Å²) in [6, 6.07) is 7.03. The van der Waals surface area contributed by atoms with Crippen molar-refractivity contribution in [3.63, 3.8) is 0 Å². The van der Waals surface area contributed by atoms with Gasteiger partial charge in [-0.25, -0.2) is 13.2 Å². The molecule has 0 bridgehead atoms. The number of carbonyl (C=O) groups is 1. The van der Waals surface area contributed by atoms with Crippen LogP contribution < -0.4 is 0 Å². The van der Waals surface area contributed by atoms with Crippen molar-refractivity contribution in [2.45, 2.75) is 0 Å². The second kappa shape index (κ2) is 4.52. The Bertz CT molecular complexity index is 803. The highest BCUT2D eigenvalue weighted by molar-refractivity contribution is 6.16. The van der Waals surface area contributed by atoms with Gasteiger partial charge in [-0.05, 0) is 30.3 Å². The normalized spacial score (nSPS) is 10.9. The Morgan fingerprint density at radius 3 is 2.40 bits per heavy atom. The Hall–Kier alpha value is -2.56. The second-order valence-electron chi connectivity index (χ2n) is 4.32. The number of ketones is 1. The summed E-state index contributed by atoms with van der Waals surface area (Å²) < 4.78 is 40.5. The van der Waals surface area contributed by atoms with Crippen LogP contribution in [0.5, 0.6) is 0 Å².